The van der Waals surface area contributed by atoms with E-state index in [9.17, 15) is 0 Å². The van der Waals surface area contributed by atoms with Gasteiger partial charge in [-0.05, 0) is 30.3 Å². The van der Waals surface area contributed by atoms with Crippen molar-refractivity contribution in [2.45, 2.75) is 0 Å². The second kappa shape index (κ2) is 5.19. The number of hydrogen-bond donors (Lipinski definition) is 0. The molecule has 0 saturated heterocycles. The summed E-state index contributed by atoms with van der Waals surface area (Å²) in [6.07, 6.45) is 3.28. The predicted molar refractivity (Wildman–Crippen MR) is 70.7 cm³/mol. The number of hydrogen-bond acceptors (Lipinski definition) is 3. The molecule has 4 nitrogen and oxygen atoms in total. The van der Waals surface area contributed by atoms with Gasteiger partial charge in [0.2, 0.25) is 0 Å². The molecule has 0 radical (unpaired) electrons. The lowest BCUT2D eigenvalue weighted by atomic mass is 10.1. The van der Waals surface area contributed by atoms with E-state index < -0.39 is 0 Å². The van der Waals surface area contributed by atoms with E-state index >= 15 is 0 Å². The zero-order valence-corrected chi connectivity index (χ0v) is 10.3. The number of nitriles is 1. The van der Waals surface area contributed by atoms with Crippen LogP contribution in [0.3, 0.4) is 0 Å². The van der Waals surface area contributed by atoms with E-state index in [1.807, 2.05) is 43.3 Å². The first-order valence-electron chi connectivity index (χ1n) is 5.49. The van der Waals surface area contributed by atoms with Crippen LogP contribution < -0.4 is 0 Å². The Morgan fingerprint density at radius 1 is 1.33 bits per heavy atom. The number of benzene rings is 1. The summed E-state index contributed by atoms with van der Waals surface area (Å²) < 4.78 is 5.30. The molecular weight excluding hydrogens is 226 g/mol. The Morgan fingerprint density at radius 3 is 2.78 bits per heavy atom. The van der Waals surface area contributed by atoms with Crippen molar-refractivity contribution < 1.29 is 4.42 Å². The molecule has 0 aliphatic heterocycles. The highest BCUT2D eigenvalue weighted by molar-refractivity contribution is 5.70. The highest BCUT2D eigenvalue weighted by Gasteiger charge is 2.05. The van der Waals surface area contributed by atoms with Crippen LogP contribution in [0.2, 0.25) is 0 Å². The minimum atomic E-state index is 0.530. The SMILES string of the molecule is CN(C)C=Nc1ccc(-c2ccco2)cc1C#N. The third kappa shape index (κ3) is 2.58. The zero-order chi connectivity index (χ0) is 13.0. The maximum atomic E-state index is 9.14. The van der Waals surface area contributed by atoms with Crippen molar-refractivity contribution in [1.82, 2.24) is 4.90 Å². The van der Waals surface area contributed by atoms with Crippen LogP contribution >= 0.6 is 0 Å². The van der Waals surface area contributed by atoms with Gasteiger partial charge in [-0.3, -0.25) is 0 Å². The van der Waals surface area contributed by atoms with Gasteiger partial charge < -0.3 is 9.32 Å². The van der Waals surface area contributed by atoms with Gasteiger partial charge in [0.15, 0.2) is 0 Å². The molecular formula is C14H13N3O. The molecule has 2 rings (SSSR count). The first-order chi connectivity index (χ1) is 8.70. The molecule has 0 fully saturated rings. The number of rotatable bonds is 3. The Balaban J connectivity index is 2.39. The van der Waals surface area contributed by atoms with E-state index in [0.29, 0.717) is 11.3 Å². The second-order valence-electron chi connectivity index (χ2n) is 4.03. The smallest absolute Gasteiger partial charge is 0.133 e. The molecule has 4 heteroatoms. The molecule has 0 spiro atoms. The minimum Gasteiger partial charge on any atom is -0.464 e. The van der Waals surface area contributed by atoms with Crippen molar-refractivity contribution in [3.63, 3.8) is 0 Å². The zero-order valence-electron chi connectivity index (χ0n) is 10.3. The lowest BCUT2D eigenvalue weighted by Gasteiger charge is -2.04. The molecule has 0 amide bonds. The quantitative estimate of drug-likeness (QED) is 0.611. The van der Waals surface area contributed by atoms with Gasteiger partial charge in [0, 0.05) is 19.7 Å². The van der Waals surface area contributed by atoms with Crippen molar-refractivity contribution >= 4 is 12.0 Å². The third-order valence-corrected chi connectivity index (χ3v) is 2.35. The molecule has 0 atom stereocenters. The van der Waals surface area contributed by atoms with Crippen LogP contribution in [0.1, 0.15) is 5.56 Å². The number of aliphatic imine (C=N–C) groups is 1. The van der Waals surface area contributed by atoms with E-state index in [1.54, 1.807) is 18.7 Å². The first kappa shape index (κ1) is 11.9. The van der Waals surface area contributed by atoms with E-state index in [-0.39, 0.29) is 0 Å². The van der Waals surface area contributed by atoms with Gasteiger partial charge in [0.05, 0.1) is 23.9 Å². The summed E-state index contributed by atoms with van der Waals surface area (Å²) in [6.45, 7) is 0. The largest absolute Gasteiger partial charge is 0.464 e. The third-order valence-electron chi connectivity index (χ3n) is 2.35. The highest BCUT2D eigenvalue weighted by atomic mass is 16.3. The first-order valence-corrected chi connectivity index (χ1v) is 5.49. The molecule has 0 unspecified atom stereocenters. The van der Waals surface area contributed by atoms with Crippen molar-refractivity contribution in [1.29, 1.82) is 5.26 Å². The van der Waals surface area contributed by atoms with Gasteiger partial charge in [-0.2, -0.15) is 5.26 Å². The summed E-state index contributed by atoms with van der Waals surface area (Å²) in [7, 11) is 3.76. The van der Waals surface area contributed by atoms with Gasteiger partial charge in [-0.25, -0.2) is 4.99 Å². The van der Waals surface area contributed by atoms with Crippen LogP contribution in [0.5, 0.6) is 0 Å². The van der Waals surface area contributed by atoms with E-state index in [1.165, 1.54) is 0 Å². The average Bonchev–Trinajstić information content (AvgIpc) is 2.90. The Morgan fingerprint density at radius 2 is 2.17 bits per heavy atom. The number of nitrogens with zero attached hydrogens (tertiary/aromatic N) is 3. The van der Waals surface area contributed by atoms with Crippen LogP contribution in [-0.4, -0.2) is 25.3 Å². The maximum absolute atomic E-state index is 9.14. The van der Waals surface area contributed by atoms with Crippen molar-refractivity contribution in [3.05, 3.63) is 42.2 Å². The Kier molecular flexibility index (Phi) is 3.44. The maximum Gasteiger partial charge on any atom is 0.133 e. The van der Waals surface area contributed by atoms with E-state index in [0.717, 1.165) is 11.3 Å². The van der Waals surface area contributed by atoms with Crippen molar-refractivity contribution in [2.24, 2.45) is 4.99 Å². The summed E-state index contributed by atoms with van der Waals surface area (Å²) in [5.41, 5.74) is 2.06. The summed E-state index contributed by atoms with van der Waals surface area (Å²) in [4.78, 5) is 6.07. The topological polar surface area (TPSA) is 52.5 Å². The molecule has 1 aromatic heterocycles. The van der Waals surface area contributed by atoms with Gasteiger partial charge in [-0.1, -0.05) is 0 Å². The van der Waals surface area contributed by atoms with Crippen LogP contribution in [0.25, 0.3) is 11.3 Å². The molecule has 1 aromatic carbocycles. The molecule has 0 saturated carbocycles. The Bertz CT molecular complexity index is 592. The molecule has 18 heavy (non-hydrogen) atoms. The Labute approximate surface area is 106 Å². The second-order valence-corrected chi connectivity index (χ2v) is 4.03. The fraction of sp³-hybridized carbons (Fsp3) is 0.143. The van der Waals surface area contributed by atoms with E-state index in [4.69, 9.17) is 9.68 Å². The lowest BCUT2D eigenvalue weighted by Crippen LogP contribution is -2.07. The summed E-state index contributed by atoms with van der Waals surface area (Å²) in [5, 5.41) is 9.14. The van der Waals surface area contributed by atoms with Crippen molar-refractivity contribution in [3.8, 4) is 17.4 Å². The molecule has 1 heterocycles. The van der Waals surface area contributed by atoms with Gasteiger partial charge in [-0.15, -0.1) is 0 Å². The Hall–Kier alpha value is -2.54. The average molecular weight is 239 g/mol. The summed E-state index contributed by atoms with van der Waals surface area (Å²) in [5.74, 6) is 0.745. The predicted octanol–water partition coefficient (Wildman–Crippen LogP) is 3.04. The highest BCUT2D eigenvalue weighted by Crippen LogP contribution is 2.26. The molecule has 0 aliphatic rings. The lowest BCUT2D eigenvalue weighted by molar-refractivity contribution is 0.582. The minimum absolute atomic E-state index is 0.530. The normalized spacial score (nSPS) is 10.5. The summed E-state index contributed by atoms with van der Waals surface area (Å²) >= 11 is 0. The van der Waals surface area contributed by atoms with Crippen LogP contribution in [0, 0.1) is 11.3 Å². The molecule has 0 aliphatic carbocycles. The van der Waals surface area contributed by atoms with Gasteiger partial charge in [0.25, 0.3) is 0 Å². The molecule has 0 N–H and O–H groups in total. The van der Waals surface area contributed by atoms with Crippen molar-refractivity contribution in [2.75, 3.05) is 14.1 Å². The fourth-order valence-corrected chi connectivity index (χ4v) is 1.51. The standard InChI is InChI=1S/C14H13N3O/c1-17(2)10-16-13-6-5-11(8-12(13)9-15)14-4-3-7-18-14/h3-8,10H,1-2H3. The van der Waals surface area contributed by atoms with Gasteiger partial charge >= 0.3 is 0 Å². The molecule has 2 aromatic rings. The van der Waals surface area contributed by atoms with Gasteiger partial charge in [0.1, 0.15) is 11.8 Å². The molecule has 0 bridgehead atoms. The van der Waals surface area contributed by atoms with Crippen LogP contribution in [0.4, 0.5) is 5.69 Å². The number of furan rings is 1. The van der Waals surface area contributed by atoms with E-state index in [2.05, 4.69) is 11.1 Å². The van der Waals surface area contributed by atoms with Crippen LogP contribution in [0.15, 0.2) is 46.0 Å². The monoisotopic (exact) mass is 239 g/mol. The summed E-state index contributed by atoms with van der Waals surface area (Å²) in [6, 6.07) is 11.3. The van der Waals surface area contributed by atoms with Crippen LogP contribution in [-0.2, 0) is 0 Å². The fourth-order valence-electron chi connectivity index (χ4n) is 1.51. The molecule has 90 valence electrons.